The van der Waals surface area contributed by atoms with Crippen molar-refractivity contribution >= 4 is 41.2 Å². The molecular formula is C44H52BP. The van der Waals surface area contributed by atoms with Crippen molar-refractivity contribution < 1.29 is 0 Å². The molecule has 0 aliphatic heterocycles. The second kappa shape index (κ2) is 15.9. The van der Waals surface area contributed by atoms with Gasteiger partial charge in [0.15, 0.2) is 0 Å². The zero-order valence-corrected chi connectivity index (χ0v) is 29.1. The van der Waals surface area contributed by atoms with Gasteiger partial charge in [0.2, 0.25) is 0 Å². The summed E-state index contributed by atoms with van der Waals surface area (Å²) in [6.45, 7) is 4.58. The van der Waals surface area contributed by atoms with Crippen LogP contribution in [0.25, 0.3) is 0 Å². The average molecular weight is 623 g/mol. The fourth-order valence-electron chi connectivity index (χ4n) is 8.89. The lowest BCUT2D eigenvalue weighted by atomic mass is 9.13. The predicted molar refractivity (Wildman–Crippen MR) is 208 cm³/mol. The molecule has 0 amide bonds. The number of hydrogen-bond donors (Lipinski definition) is 0. The molecule has 2 heteroatoms. The molecule has 2 fully saturated rings. The Morgan fingerprint density at radius 3 is 1.02 bits per heavy atom. The van der Waals surface area contributed by atoms with Crippen LogP contribution >= 0.6 is 7.92 Å². The maximum absolute atomic E-state index is 2.55. The molecule has 0 radical (unpaired) electrons. The minimum Gasteiger partial charge on any atom is -0.195 e. The van der Waals surface area contributed by atoms with Crippen LogP contribution in [-0.2, 0) is 0 Å². The van der Waals surface area contributed by atoms with Gasteiger partial charge < -0.3 is 0 Å². The highest BCUT2D eigenvalue weighted by molar-refractivity contribution is 7.67. The van der Waals surface area contributed by atoms with Crippen molar-refractivity contribution in [1.82, 2.24) is 0 Å². The minimum atomic E-state index is -1.22. The first kappa shape index (κ1) is 32.5. The molecule has 0 N–H and O–H groups in total. The summed E-state index contributed by atoms with van der Waals surface area (Å²) in [5, 5.41) is 1.77. The molecule has 0 saturated heterocycles. The molecule has 46 heavy (non-hydrogen) atoms. The van der Waals surface area contributed by atoms with Gasteiger partial charge in [-0.2, -0.15) is 21.9 Å². The molecule has 5 aromatic carbocycles. The topological polar surface area (TPSA) is 0 Å². The molecule has 0 aromatic heterocycles. The van der Waals surface area contributed by atoms with Crippen molar-refractivity contribution in [2.75, 3.05) is 0 Å². The van der Waals surface area contributed by atoms with Crippen molar-refractivity contribution in [3.63, 3.8) is 0 Å². The van der Waals surface area contributed by atoms with E-state index in [9.17, 15) is 0 Å². The van der Waals surface area contributed by atoms with E-state index in [1.165, 1.54) is 97.2 Å². The summed E-state index contributed by atoms with van der Waals surface area (Å²) in [5.74, 6) is 0. The number of rotatable bonds is 7. The van der Waals surface area contributed by atoms with Crippen molar-refractivity contribution in [2.45, 2.75) is 89.4 Å². The summed E-state index contributed by atoms with van der Waals surface area (Å²) in [4.78, 5) is 0. The van der Waals surface area contributed by atoms with E-state index >= 15 is 0 Å². The number of aryl methyl sites for hydroxylation is 2. The van der Waals surface area contributed by atoms with Crippen LogP contribution in [0.15, 0.2) is 140 Å². The van der Waals surface area contributed by atoms with Crippen LogP contribution in [0.1, 0.15) is 75.3 Å². The highest BCUT2D eigenvalue weighted by Gasteiger charge is 2.39. The number of hydrogen-bond acceptors (Lipinski definition) is 0. The normalized spacial score (nSPS) is 16.1. The zero-order valence-electron chi connectivity index (χ0n) is 28.1. The molecule has 5 aromatic rings. The Bertz CT molecular complexity index is 1400. The van der Waals surface area contributed by atoms with E-state index in [1.54, 1.807) is 5.30 Å². The lowest BCUT2D eigenvalue weighted by molar-refractivity contribution is 0.487. The largest absolute Gasteiger partial charge is 0.195 e. The summed E-state index contributed by atoms with van der Waals surface area (Å²) in [6, 6.07) is 51.0. The first-order chi connectivity index (χ1) is 22.7. The van der Waals surface area contributed by atoms with Crippen LogP contribution in [0, 0.1) is 13.8 Å². The van der Waals surface area contributed by atoms with Crippen LogP contribution in [-0.4, -0.2) is 17.5 Å². The molecule has 2 aliphatic carbocycles. The van der Waals surface area contributed by atoms with Gasteiger partial charge in [0.1, 0.15) is 6.15 Å². The molecule has 0 nitrogen and oxygen atoms in total. The standard InChI is InChI=1S/C24H20B.C20H31P/c1-5-13-21(14-6-1)25(22-15-7-2-8-16-22,23-17-9-3-10-18-23)24-19-11-4-12-20-24;1-16-13-17(2)15-20(14-16)21(18-9-5-3-6-10-18)19-11-7-4-8-12-19/h1-20H;13-15,18-19H,3-12H2,1-2H3/q-1;/p+1. The maximum Gasteiger partial charge on any atom is 0.108 e. The van der Waals surface area contributed by atoms with Gasteiger partial charge in [-0.15, -0.1) is 0 Å². The Balaban J connectivity index is 0.000000164. The Morgan fingerprint density at radius 2 is 0.717 bits per heavy atom. The number of benzene rings is 5. The van der Waals surface area contributed by atoms with E-state index in [0.717, 1.165) is 11.3 Å². The molecule has 0 spiro atoms. The second-order valence-corrected chi connectivity index (χ2v) is 17.1. The highest BCUT2D eigenvalue weighted by Crippen LogP contribution is 2.55. The van der Waals surface area contributed by atoms with Crippen molar-refractivity contribution in [1.29, 1.82) is 0 Å². The molecule has 7 rings (SSSR count). The predicted octanol–water partition coefficient (Wildman–Crippen LogP) is 8.87. The van der Waals surface area contributed by atoms with Gasteiger partial charge in [-0.25, -0.2) is 0 Å². The van der Waals surface area contributed by atoms with Crippen LogP contribution < -0.4 is 27.2 Å². The van der Waals surface area contributed by atoms with Crippen molar-refractivity contribution in [2.24, 2.45) is 0 Å². The summed E-state index contributed by atoms with van der Waals surface area (Å²) in [6.07, 6.45) is 13.9. The molecule has 2 saturated carbocycles. The third-order valence-corrected chi connectivity index (χ3v) is 14.7. The van der Waals surface area contributed by atoms with E-state index < -0.39 is 6.15 Å². The quantitative estimate of drug-likeness (QED) is 0.126. The lowest BCUT2D eigenvalue weighted by Gasteiger charge is -2.44. The van der Waals surface area contributed by atoms with Crippen LogP contribution in [0.3, 0.4) is 0 Å². The Kier molecular flexibility index (Phi) is 11.3. The summed E-state index contributed by atoms with van der Waals surface area (Å²) in [7, 11) is -0.368. The Hall–Kier alpha value is -3.41. The highest BCUT2D eigenvalue weighted by atomic mass is 31.1. The molecule has 0 unspecified atom stereocenters. The molecule has 236 valence electrons. The van der Waals surface area contributed by atoms with Crippen molar-refractivity contribution in [3.05, 3.63) is 151 Å². The van der Waals surface area contributed by atoms with Crippen molar-refractivity contribution in [3.8, 4) is 0 Å². The zero-order chi connectivity index (χ0) is 31.6. The van der Waals surface area contributed by atoms with Gasteiger partial charge in [-0.3, -0.25) is 0 Å². The van der Waals surface area contributed by atoms with E-state index in [2.05, 4.69) is 153 Å². The molecule has 0 atom stereocenters. The third-order valence-electron chi connectivity index (χ3n) is 10.8. The van der Waals surface area contributed by atoms with Gasteiger partial charge >= 0.3 is 0 Å². The van der Waals surface area contributed by atoms with Crippen LogP contribution in [0.2, 0.25) is 0 Å². The van der Waals surface area contributed by atoms with E-state index in [0.29, 0.717) is 0 Å². The van der Waals surface area contributed by atoms with E-state index in [4.69, 9.17) is 0 Å². The van der Waals surface area contributed by atoms with Gasteiger partial charge in [0, 0.05) is 7.92 Å². The van der Waals surface area contributed by atoms with E-state index in [-0.39, 0.29) is 7.92 Å². The van der Waals surface area contributed by atoms with Gasteiger partial charge in [0.05, 0.1) is 16.6 Å². The summed E-state index contributed by atoms with van der Waals surface area (Å²) in [5.41, 5.74) is 10.5. The lowest BCUT2D eigenvalue weighted by Crippen LogP contribution is -2.74. The summed E-state index contributed by atoms with van der Waals surface area (Å²) < 4.78 is 0. The van der Waals surface area contributed by atoms with E-state index in [1.807, 2.05) is 0 Å². The van der Waals surface area contributed by atoms with Gasteiger partial charge in [-0.05, 0) is 88.5 Å². The fraction of sp³-hybridized carbons (Fsp3) is 0.318. The molecular weight excluding hydrogens is 570 g/mol. The maximum atomic E-state index is 2.55. The minimum absolute atomic E-state index is 0.368. The molecule has 0 bridgehead atoms. The first-order valence-electron chi connectivity index (χ1n) is 18.0. The fourth-order valence-corrected chi connectivity index (χ4v) is 13.4. The summed E-state index contributed by atoms with van der Waals surface area (Å²) >= 11 is 0. The SMILES string of the molecule is Cc1cc(C)cc([PH+](C2CCCCC2)C2CCCCC2)c1.c1ccc([B-](c2ccccc2)(c2ccccc2)c2ccccc2)cc1. The van der Waals surface area contributed by atoms with Crippen LogP contribution in [0.4, 0.5) is 0 Å². The molecule has 0 heterocycles. The van der Waals surface area contributed by atoms with Crippen LogP contribution in [0.5, 0.6) is 0 Å². The van der Waals surface area contributed by atoms with Gasteiger partial charge in [0.25, 0.3) is 0 Å². The Labute approximate surface area is 280 Å². The third kappa shape index (κ3) is 7.42. The Morgan fingerprint density at radius 1 is 0.413 bits per heavy atom. The monoisotopic (exact) mass is 622 g/mol. The second-order valence-electron chi connectivity index (χ2n) is 14.0. The molecule has 2 aliphatic rings. The smallest absolute Gasteiger partial charge is 0.108 e. The van der Waals surface area contributed by atoms with Gasteiger partial charge in [-0.1, -0.05) is 140 Å². The average Bonchev–Trinajstić information content (AvgIpc) is 3.12. The first-order valence-corrected chi connectivity index (χ1v) is 19.6.